The van der Waals surface area contributed by atoms with Crippen molar-refractivity contribution in [3.63, 3.8) is 0 Å². The van der Waals surface area contributed by atoms with Gasteiger partial charge in [0.05, 0.1) is 18.3 Å². The van der Waals surface area contributed by atoms with E-state index in [1.165, 1.54) is 32.4 Å². The average molecular weight is 272 g/mol. The number of aliphatic hydroxyl groups excluding tert-OH is 1. The molecule has 1 aliphatic heterocycles. The molecule has 4 nitrogen and oxygen atoms in total. The molecule has 1 heterocycles. The van der Waals surface area contributed by atoms with Crippen LogP contribution in [-0.2, 0) is 4.74 Å². The first-order chi connectivity index (χ1) is 8.87. The van der Waals surface area contributed by atoms with Gasteiger partial charge in [-0.25, -0.2) is 0 Å². The second kappa shape index (κ2) is 8.20. The molecule has 0 aliphatic carbocycles. The number of rotatable bonds is 7. The Hall–Kier alpha value is -0.160. The van der Waals surface area contributed by atoms with E-state index in [9.17, 15) is 5.11 Å². The third-order valence-corrected chi connectivity index (χ3v) is 3.66. The number of hydrogen-bond acceptors (Lipinski definition) is 4. The van der Waals surface area contributed by atoms with Crippen LogP contribution in [0.4, 0.5) is 0 Å². The minimum absolute atomic E-state index is 0.172. The number of nitrogens with one attached hydrogen (secondary N) is 1. The molecule has 114 valence electrons. The van der Waals surface area contributed by atoms with Crippen LogP contribution in [0, 0.1) is 5.92 Å². The van der Waals surface area contributed by atoms with Crippen molar-refractivity contribution in [2.24, 2.45) is 5.92 Å². The molecule has 0 spiro atoms. The molecule has 0 radical (unpaired) electrons. The van der Waals surface area contributed by atoms with Crippen molar-refractivity contribution in [1.29, 1.82) is 0 Å². The van der Waals surface area contributed by atoms with Crippen LogP contribution in [0.2, 0.25) is 0 Å². The SMILES string of the molecule is CN1CCC(CCNCC(O)COC(C)(C)C)CC1. The lowest BCUT2D eigenvalue weighted by Crippen LogP contribution is -2.35. The van der Waals surface area contributed by atoms with E-state index in [0.29, 0.717) is 13.2 Å². The molecule has 2 N–H and O–H groups in total. The van der Waals surface area contributed by atoms with Gasteiger partial charge in [0.2, 0.25) is 0 Å². The number of piperidine rings is 1. The molecule has 1 atom stereocenters. The van der Waals surface area contributed by atoms with E-state index in [4.69, 9.17) is 4.74 Å². The normalized spacial score (nSPS) is 20.7. The van der Waals surface area contributed by atoms with E-state index in [-0.39, 0.29) is 5.60 Å². The summed E-state index contributed by atoms with van der Waals surface area (Å²) in [6.45, 7) is 10.5. The van der Waals surface area contributed by atoms with Gasteiger partial charge < -0.3 is 20.1 Å². The second-order valence-electron chi connectivity index (χ2n) is 6.82. The third-order valence-electron chi connectivity index (χ3n) is 3.66. The molecule has 0 aromatic heterocycles. The van der Waals surface area contributed by atoms with E-state index in [1.807, 2.05) is 20.8 Å². The summed E-state index contributed by atoms with van der Waals surface area (Å²) in [6.07, 6.45) is 3.44. The lowest BCUT2D eigenvalue weighted by molar-refractivity contribution is -0.0478. The lowest BCUT2D eigenvalue weighted by Gasteiger charge is -2.29. The molecular weight excluding hydrogens is 240 g/mol. The summed E-state index contributed by atoms with van der Waals surface area (Å²) in [5.41, 5.74) is -0.172. The van der Waals surface area contributed by atoms with Crippen molar-refractivity contribution in [2.45, 2.75) is 51.7 Å². The molecular formula is C15H32N2O2. The highest BCUT2D eigenvalue weighted by Gasteiger charge is 2.16. The molecule has 1 aliphatic rings. The summed E-state index contributed by atoms with van der Waals surface area (Å²) in [4.78, 5) is 2.40. The Kier molecular flexibility index (Phi) is 7.29. The fraction of sp³-hybridized carbons (Fsp3) is 1.00. The van der Waals surface area contributed by atoms with Crippen LogP contribution in [0.25, 0.3) is 0 Å². The molecule has 0 amide bonds. The monoisotopic (exact) mass is 272 g/mol. The first-order valence-electron chi connectivity index (χ1n) is 7.58. The Morgan fingerprint density at radius 2 is 1.95 bits per heavy atom. The molecule has 0 aromatic rings. The van der Waals surface area contributed by atoms with Crippen LogP contribution in [0.5, 0.6) is 0 Å². The average Bonchev–Trinajstić information content (AvgIpc) is 2.33. The topological polar surface area (TPSA) is 44.7 Å². The summed E-state index contributed by atoms with van der Waals surface area (Å²) in [5.74, 6) is 0.853. The van der Waals surface area contributed by atoms with E-state index in [1.54, 1.807) is 0 Å². The van der Waals surface area contributed by atoms with Crippen LogP contribution in [0.1, 0.15) is 40.0 Å². The summed E-state index contributed by atoms with van der Waals surface area (Å²) in [5, 5.41) is 13.1. The Morgan fingerprint density at radius 1 is 1.32 bits per heavy atom. The van der Waals surface area contributed by atoms with E-state index in [2.05, 4.69) is 17.3 Å². The van der Waals surface area contributed by atoms with E-state index >= 15 is 0 Å². The molecule has 0 bridgehead atoms. The molecule has 1 rings (SSSR count). The lowest BCUT2D eigenvalue weighted by atomic mass is 9.94. The highest BCUT2D eigenvalue weighted by molar-refractivity contribution is 4.71. The summed E-state index contributed by atoms with van der Waals surface area (Å²) in [6, 6.07) is 0. The van der Waals surface area contributed by atoms with Crippen LogP contribution >= 0.6 is 0 Å². The van der Waals surface area contributed by atoms with Crippen molar-refractivity contribution >= 4 is 0 Å². The molecule has 1 saturated heterocycles. The van der Waals surface area contributed by atoms with Gasteiger partial charge >= 0.3 is 0 Å². The smallest absolute Gasteiger partial charge is 0.0897 e. The summed E-state index contributed by atoms with van der Waals surface area (Å²) >= 11 is 0. The fourth-order valence-electron chi connectivity index (χ4n) is 2.33. The minimum Gasteiger partial charge on any atom is -0.389 e. The van der Waals surface area contributed by atoms with Crippen molar-refractivity contribution in [3.05, 3.63) is 0 Å². The Labute approximate surface area is 118 Å². The second-order valence-corrected chi connectivity index (χ2v) is 6.82. The van der Waals surface area contributed by atoms with E-state index < -0.39 is 6.10 Å². The molecule has 1 fully saturated rings. The molecule has 0 saturated carbocycles. The summed E-state index contributed by atoms with van der Waals surface area (Å²) < 4.78 is 5.55. The maximum Gasteiger partial charge on any atom is 0.0897 e. The van der Waals surface area contributed by atoms with E-state index in [0.717, 1.165) is 12.5 Å². The maximum absolute atomic E-state index is 9.79. The highest BCUT2D eigenvalue weighted by Crippen LogP contribution is 2.18. The zero-order valence-electron chi connectivity index (χ0n) is 13.1. The van der Waals surface area contributed by atoms with Crippen LogP contribution < -0.4 is 5.32 Å². The summed E-state index contributed by atoms with van der Waals surface area (Å²) in [7, 11) is 2.19. The number of ether oxygens (including phenoxy) is 1. The Bertz CT molecular complexity index is 233. The largest absolute Gasteiger partial charge is 0.389 e. The van der Waals surface area contributed by atoms with Gasteiger partial charge in [0, 0.05) is 6.54 Å². The predicted molar refractivity (Wildman–Crippen MR) is 79.4 cm³/mol. The van der Waals surface area contributed by atoms with Gasteiger partial charge in [0.25, 0.3) is 0 Å². The zero-order valence-corrected chi connectivity index (χ0v) is 13.1. The van der Waals surface area contributed by atoms with Crippen LogP contribution in [-0.4, -0.2) is 61.5 Å². The van der Waals surface area contributed by atoms with Gasteiger partial charge in [0.15, 0.2) is 0 Å². The number of nitrogens with zero attached hydrogens (tertiary/aromatic N) is 1. The van der Waals surface area contributed by atoms with Gasteiger partial charge in [-0.15, -0.1) is 0 Å². The van der Waals surface area contributed by atoms with Crippen LogP contribution in [0.3, 0.4) is 0 Å². The first-order valence-corrected chi connectivity index (χ1v) is 7.58. The fourth-order valence-corrected chi connectivity index (χ4v) is 2.33. The van der Waals surface area contributed by atoms with Gasteiger partial charge in [-0.2, -0.15) is 0 Å². The number of aliphatic hydroxyl groups is 1. The molecule has 1 unspecified atom stereocenters. The zero-order chi connectivity index (χ0) is 14.3. The number of hydrogen-bond donors (Lipinski definition) is 2. The van der Waals surface area contributed by atoms with Gasteiger partial charge in [-0.3, -0.25) is 0 Å². The van der Waals surface area contributed by atoms with Crippen molar-refractivity contribution in [2.75, 3.05) is 39.8 Å². The first kappa shape index (κ1) is 16.9. The third kappa shape index (κ3) is 8.58. The van der Waals surface area contributed by atoms with Crippen LogP contribution in [0.15, 0.2) is 0 Å². The van der Waals surface area contributed by atoms with Crippen molar-refractivity contribution in [1.82, 2.24) is 10.2 Å². The van der Waals surface area contributed by atoms with Gasteiger partial charge in [-0.05, 0) is 72.6 Å². The van der Waals surface area contributed by atoms with Crippen molar-refractivity contribution < 1.29 is 9.84 Å². The maximum atomic E-state index is 9.79. The number of likely N-dealkylation sites (tertiary alicyclic amines) is 1. The molecule has 19 heavy (non-hydrogen) atoms. The Balaban J connectivity index is 1.98. The predicted octanol–water partition coefficient (Wildman–Crippen LogP) is 1.48. The minimum atomic E-state index is -0.406. The Morgan fingerprint density at radius 3 is 2.53 bits per heavy atom. The van der Waals surface area contributed by atoms with Crippen molar-refractivity contribution in [3.8, 4) is 0 Å². The standard InChI is InChI=1S/C15H32N2O2/c1-15(2,3)19-12-14(18)11-16-8-5-13-6-9-17(4)10-7-13/h13-14,16,18H,5-12H2,1-4H3. The molecule has 0 aromatic carbocycles. The highest BCUT2D eigenvalue weighted by atomic mass is 16.5. The van der Waals surface area contributed by atoms with Gasteiger partial charge in [0.1, 0.15) is 0 Å². The quantitative estimate of drug-likeness (QED) is 0.689. The molecule has 4 heteroatoms. The van der Waals surface area contributed by atoms with Gasteiger partial charge in [-0.1, -0.05) is 0 Å².